The molecule has 4 aromatic heterocycles. The van der Waals surface area contributed by atoms with Gasteiger partial charge in [-0.3, -0.25) is 43.7 Å². The van der Waals surface area contributed by atoms with Crippen LogP contribution >= 0.6 is 0 Å². The lowest BCUT2D eigenvalue weighted by Gasteiger charge is -2.17. The maximum Gasteiger partial charge on any atom is 0.376 e. The molecule has 6 rings (SSSR count). The van der Waals surface area contributed by atoms with Crippen LogP contribution in [0, 0.1) is 31.9 Å². The molecule has 16 nitrogen and oxygen atoms in total. The fraction of sp³-hybridized carbons (Fsp3) is 0.200. The van der Waals surface area contributed by atoms with Gasteiger partial charge in [-0.1, -0.05) is 64.1 Å². The number of para-hydroxylation sites is 2. The van der Waals surface area contributed by atoms with Gasteiger partial charge >= 0.3 is 22.5 Å². The van der Waals surface area contributed by atoms with Crippen molar-refractivity contribution in [2.75, 3.05) is 7.11 Å². The van der Waals surface area contributed by atoms with Crippen molar-refractivity contribution >= 4 is 33.4 Å². The highest BCUT2D eigenvalue weighted by molar-refractivity contribution is 5.88. The van der Waals surface area contributed by atoms with E-state index >= 15 is 0 Å². The molecule has 53 heavy (non-hydrogen) atoms. The highest BCUT2D eigenvalue weighted by Crippen LogP contribution is 2.36. The number of hydrogen-bond acceptors (Lipinski definition) is 11. The molecule has 0 fully saturated rings. The minimum absolute atomic E-state index is 0.0154. The van der Waals surface area contributed by atoms with Crippen LogP contribution in [0.2, 0.25) is 0 Å². The number of methoxy groups -OCH3 is 1. The Balaban J connectivity index is 0.000000204. The van der Waals surface area contributed by atoms with Gasteiger partial charge in [0.2, 0.25) is 11.5 Å². The van der Waals surface area contributed by atoms with Crippen molar-refractivity contribution in [3.05, 3.63) is 135 Å². The normalized spacial score (nSPS) is 11.2. The van der Waals surface area contributed by atoms with E-state index in [0.29, 0.717) is 23.0 Å². The monoisotopic (exact) mass is 732 g/mol. The smallest absolute Gasteiger partial charge is 0.376 e. The first-order valence-corrected chi connectivity index (χ1v) is 15.7. The molecule has 2 aromatic carbocycles. The number of rotatable bonds is 7. The molecule has 0 bridgehead atoms. The zero-order chi connectivity index (χ0) is 39.0. The Kier molecular flexibility index (Phi) is 10.1. The summed E-state index contributed by atoms with van der Waals surface area (Å²) in [6.07, 6.45) is 0. The van der Waals surface area contributed by atoms with Crippen molar-refractivity contribution < 1.29 is 33.6 Å². The van der Waals surface area contributed by atoms with Crippen LogP contribution in [-0.4, -0.2) is 46.3 Å². The predicted octanol–water partition coefficient (Wildman–Crippen LogP) is 5.83. The van der Waals surface area contributed by atoms with Gasteiger partial charge in [0.15, 0.2) is 17.3 Å². The molecule has 0 atom stereocenters. The van der Waals surface area contributed by atoms with Gasteiger partial charge in [-0.25, -0.2) is 8.78 Å². The molecule has 0 radical (unpaired) electrons. The first-order chi connectivity index (χ1) is 25.0. The van der Waals surface area contributed by atoms with Crippen molar-refractivity contribution in [1.29, 1.82) is 0 Å². The minimum atomic E-state index is -1.23. The Morgan fingerprint density at radius 3 is 1.70 bits per heavy atom. The zero-order valence-electron chi connectivity index (χ0n) is 28.6. The van der Waals surface area contributed by atoms with Gasteiger partial charge in [-0.15, -0.1) is 0 Å². The second kappa shape index (κ2) is 14.3. The summed E-state index contributed by atoms with van der Waals surface area (Å²) in [6, 6.07) is 15.0. The molecule has 0 saturated heterocycles. The molecule has 0 amide bonds. The third kappa shape index (κ3) is 6.52. The number of fused-ring (bicyclic) bond motifs is 2. The summed E-state index contributed by atoms with van der Waals surface area (Å²) in [5, 5.41) is 42.4. The van der Waals surface area contributed by atoms with E-state index in [0.717, 1.165) is 20.8 Å². The summed E-state index contributed by atoms with van der Waals surface area (Å²) in [5.41, 5.74) is -3.76. The molecular weight excluding hydrogens is 702 g/mol. The fourth-order valence-electron chi connectivity index (χ4n) is 5.81. The molecule has 0 aliphatic carbocycles. The SMILES string of the molecule is CC(C)c1ccccc1-n1c(=O)c([N+](=O)[O-])c(O)c2cc(F)c(=O)[nH]c21.COc1nc2c(cc1F)c(O)c([N+](=O)[O-])c(=O)n2-c1ccccc1C(C)C. The average Bonchev–Trinajstić information content (AvgIpc) is 3.09. The lowest BCUT2D eigenvalue weighted by atomic mass is 10.0. The Hall–Kier alpha value is -6.98. The van der Waals surface area contributed by atoms with Crippen molar-refractivity contribution in [2.24, 2.45) is 0 Å². The minimum Gasteiger partial charge on any atom is -0.501 e. The number of nitro groups is 2. The summed E-state index contributed by atoms with van der Waals surface area (Å²) in [7, 11) is 1.20. The second-order valence-electron chi connectivity index (χ2n) is 12.2. The zero-order valence-corrected chi connectivity index (χ0v) is 28.6. The first-order valence-electron chi connectivity index (χ1n) is 15.7. The van der Waals surface area contributed by atoms with Crippen LogP contribution in [0.1, 0.15) is 50.7 Å². The van der Waals surface area contributed by atoms with Gasteiger partial charge < -0.3 is 19.9 Å². The van der Waals surface area contributed by atoms with E-state index < -0.39 is 66.9 Å². The van der Waals surface area contributed by atoms with E-state index in [9.17, 15) is 53.6 Å². The van der Waals surface area contributed by atoms with Crippen LogP contribution in [-0.2, 0) is 0 Å². The molecule has 4 heterocycles. The van der Waals surface area contributed by atoms with Crippen LogP contribution in [0.5, 0.6) is 17.4 Å². The van der Waals surface area contributed by atoms with Gasteiger partial charge in [0.05, 0.1) is 39.1 Å². The summed E-state index contributed by atoms with van der Waals surface area (Å²) in [5.74, 6) is -4.55. The van der Waals surface area contributed by atoms with Gasteiger partial charge in [-0.05, 0) is 47.2 Å². The number of aromatic hydroxyl groups is 2. The summed E-state index contributed by atoms with van der Waals surface area (Å²) in [4.78, 5) is 64.2. The van der Waals surface area contributed by atoms with Gasteiger partial charge in [0, 0.05) is 0 Å². The summed E-state index contributed by atoms with van der Waals surface area (Å²) in [6.45, 7) is 7.52. The van der Waals surface area contributed by atoms with Crippen molar-refractivity contribution in [1.82, 2.24) is 19.1 Å². The lowest BCUT2D eigenvalue weighted by Crippen LogP contribution is -2.25. The van der Waals surface area contributed by atoms with Crippen molar-refractivity contribution in [3.63, 3.8) is 0 Å². The van der Waals surface area contributed by atoms with Crippen LogP contribution in [0.15, 0.2) is 75.0 Å². The van der Waals surface area contributed by atoms with Gasteiger partial charge in [0.1, 0.15) is 5.65 Å². The number of halogens is 2. The Morgan fingerprint density at radius 2 is 1.21 bits per heavy atom. The fourth-order valence-corrected chi connectivity index (χ4v) is 5.81. The maximum absolute atomic E-state index is 14.1. The number of nitrogens with one attached hydrogen (secondary N) is 1. The molecule has 0 spiro atoms. The third-order valence-electron chi connectivity index (χ3n) is 8.26. The van der Waals surface area contributed by atoms with E-state index in [1.165, 1.54) is 7.11 Å². The van der Waals surface area contributed by atoms with E-state index in [1.807, 2.05) is 27.7 Å². The predicted molar refractivity (Wildman–Crippen MR) is 189 cm³/mol. The van der Waals surface area contributed by atoms with E-state index in [1.54, 1.807) is 48.5 Å². The number of hydrogen-bond donors (Lipinski definition) is 3. The standard InChI is InChI=1S/C18H16FN3O5.C17H14FN3O5/c1-9(2)10-6-4-5-7-13(10)21-16-11(8-12(19)17(20-16)27-3)15(23)14(18(21)24)22(25)26;1-8(2)9-5-3-4-6-12(9)20-15-10(7-11(18)16(23)19-15)14(22)13(17(20)24)21(25)26/h4-9,23H,1-3H3;3-8,22H,1-2H3,(H,19,23). The number of pyridine rings is 4. The average molecular weight is 733 g/mol. The number of nitrogens with zero attached hydrogens (tertiary/aromatic N) is 5. The largest absolute Gasteiger partial charge is 0.501 e. The number of ether oxygens (including phenoxy) is 1. The molecule has 0 aliphatic heterocycles. The van der Waals surface area contributed by atoms with Crippen LogP contribution < -0.4 is 21.4 Å². The second-order valence-corrected chi connectivity index (χ2v) is 12.2. The Bertz CT molecular complexity index is 2650. The quantitative estimate of drug-likeness (QED) is 0.131. The number of aromatic amines is 1. The molecule has 18 heteroatoms. The Morgan fingerprint density at radius 1 is 0.755 bits per heavy atom. The van der Waals surface area contributed by atoms with Gasteiger partial charge in [-0.2, -0.15) is 4.98 Å². The van der Waals surface area contributed by atoms with Crippen molar-refractivity contribution in [3.8, 4) is 28.8 Å². The molecule has 0 saturated carbocycles. The maximum atomic E-state index is 14.1. The van der Waals surface area contributed by atoms with Crippen LogP contribution in [0.4, 0.5) is 20.2 Å². The van der Waals surface area contributed by atoms with Crippen LogP contribution in [0.3, 0.4) is 0 Å². The molecule has 3 N–H and O–H groups in total. The molecule has 6 aromatic rings. The molecule has 0 aliphatic rings. The van der Waals surface area contributed by atoms with E-state index in [-0.39, 0.29) is 33.9 Å². The van der Waals surface area contributed by atoms with Gasteiger partial charge in [0.25, 0.3) is 11.4 Å². The summed E-state index contributed by atoms with van der Waals surface area (Å²) < 4.78 is 34.6. The first kappa shape index (κ1) is 37.3. The lowest BCUT2D eigenvalue weighted by molar-refractivity contribution is -0.387. The molecular formula is C35H30F2N6O10. The topological polar surface area (TPSA) is 226 Å². The van der Waals surface area contributed by atoms with Crippen LogP contribution in [0.25, 0.3) is 33.4 Å². The van der Waals surface area contributed by atoms with E-state index in [2.05, 4.69) is 9.97 Å². The summed E-state index contributed by atoms with van der Waals surface area (Å²) >= 11 is 0. The molecule has 274 valence electrons. The van der Waals surface area contributed by atoms with Crippen molar-refractivity contribution in [2.45, 2.75) is 39.5 Å². The third-order valence-corrected chi connectivity index (χ3v) is 8.26. The van der Waals surface area contributed by atoms with E-state index in [4.69, 9.17) is 4.74 Å². The highest BCUT2D eigenvalue weighted by atomic mass is 19.1. The number of aromatic nitrogens is 4. The number of benzene rings is 2. The number of H-pyrrole nitrogens is 1. The molecule has 0 unspecified atom stereocenters. The highest BCUT2D eigenvalue weighted by Gasteiger charge is 2.30. The Labute approximate surface area is 296 Å².